The number of aromatic nitrogens is 2. The van der Waals surface area contributed by atoms with Crippen molar-refractivity contribution in [3.05, 3.63) is 52.3 Å². The number of ether oxygens (including phenoxy) is 1. The third-order valence-corrected chi connectivity index (χ3v) is 5.53. The number of nitrogens with one attached hydrogen (secondary N) is 1. The molecule has 1 N–H and O–H groups in total. The predicted octanol–water partition coefficient (Wildman–Crippen LogP) is 4.37. The van der Waals surface area contributed by atoms with Gasteiger partial charge in [0.25, 0.3) is 5.88 Å². The Morgan fingerprint density at radius 1 is 1.06 bits per heavy atom. The Morgan fingerprint density at radius 3 is 2.47 bits per heavy atom. The average Bonchev–Trinajstić information content (AvgIpc) is 2.79. The van der Waals surface area contributed by atoms with Gasteiger partial charge in [-0.15, -0.1) is 0 Å². The third kappa shape index (κ3) is 4.10. The van der Waals surface area contributed by atoms with Crippen molar-refractivity contribution in [3.8, 4) is 5.88 Å². The molecule has 7 nitrogen and oxygen atoms in total. The first kappa shape index (κ1) is 21.9. The number of benzene rings is 2. The fourth-order valence-electron chi connectivity index (χ4n) is 3.57. The molecule has 0 bridgehead atoms. The molecule has 1 fully saturated rings. The van der Waals surface area contributed by atoms with Crippen LogP contribution in [0.4, 0.5) is 29.5 Å². The van der Waals surface area contributed by atoms with E-state index in [0.29, 0.717) is 29.1 Å². The summed E-state index contributed by atoms with van der Waals surface area (Å²) < 4.78 is 46.3. The molecule has 2 aromatic carbocycles. The summed E-state index contributed by atoms with van der Waals surface area (Å²) in [5.74, 6) is -3.64. The fraction of sp³-hybridized carbons (Fsp3) is 0.286. The zero-order valence-electron chi connectivity index (χ0n) is 17.3. The standard InChI is InChI=1S/C21H19ClF3N5O2/c1-11-16(10-13(23)18(25)17(11)24)29-5-7-30(8-6-29)21(31)28-19-20(32-2)27-15-9-12(22)3-4-14(15)26-19/h3-4,9-10H,5-8H2,1-2H3,(H,26,28,31). The molecule has 3 aromatic rings. The van der Waals surface area contributed by atoms with E-state index in [-0.39, 0.29) is 36.0 Å². The van der Waals surface area contributed by atoms with E-state index in [0.717, 1.165) is 6.07 Å². The minimum atomic E-state index is -1.49. The lowest BCUT2D eigenvalue weighted by Crippen LogP contribution is -2.50. The summed E-state index contributed by atoms with van der Waals surface area (Å²) >= 11 is 5.98. The third-order valence-electron chi connectivity index (χ3n) is 5.30. The van der Waals surface area contributed by atoms with E-state index in [1.807, 2.05) is 0 Å². The molecule has 0 radical (unpaired) electrons. The van der Waals surface area contributed by atoms with Gasteiger partial charge in [-0.2, -0.15) is 0 Å². The van der Waals surface area contributed by atoms with Gasteiger partial charge in [0.2, 0.25) is 0 Å². The molecule has 0 atom stereocenters. The van der Waals surface area contributed by atoms with Crippen LogP contribution in [-0.4, -0.2) is 54.2 Å². The number of methoxy groups -OCH3 is 1. The fourth-order valence-corrected chi connectivity index (χ4v) is 3.73. The molecule has 168 valence electrons. The number of amides is 2. The maximum atomic E-state index is 13.9. The molecule has 1 saturated heterocycles. The van der Waals surface area contributed by atoms with Gasteiger partial charge in [-0.1, -0.05) is 11.6 Å². The number of nitrogens with zero attached hydrogens (tertiary/aromatic N) is 4. The molecular weight excluding hydrogens is 447 g/mol. The van der Waals surface area contributed by atoms with Crippen LogP contribution in [0.15, 0.2) is 24.3 Å². The summed E-state index contributed by atoms with van der Waals surface area (Å²) in [7, 11) is 1.41. The van der Waals surface area contributed by atoms with Crippen LogP contribution in [0, 0.1) is 24.4 Å². The molecule has 2 amide bonds. The number of piperazine rings is 1. The Balaban J connectivity index is 1.47. The molecule has 0 aliphatic carbocycles. The molecule has 0 spiro atoms. The molecule has 0 unspecified atom stereocenters. The van der Waals surface area contributed by atoms with Crippen LogP contribution in [0.1, 0.15) is 5.56 Å². The average molecular weight is 466 g/mol. The second kappa shape index (κ2) is 8.70. The molecular formula is C21H19ClF3N5O2. The van der Waals surface area contributed by atoms with Crippen LogP contribution in [0.2, 0.25) is 5.02 Å². The monoisotopic (exact) mass is 465 g/mol. The van der Waals surface area contributed by atoms with Crippen molar-refractivity contribution in [2.75, 3.05) is 43.5 Å². The van der Waals surface area contributed by atoms with Crippen molar-refractivity contribution in [2.24, 2.45) is 0 Å². The number of halogens is 4. The highest BCUT2D eigenvalue weighted by atomic mass is 35.5. The molecule has 1 aliphatic heterocycles. The van der Waals surface area contributed by atoms with E-state index in [1.54, 1.807) is 23.1 Å². The van der Waals surface area contributed by atoms with E-state index in [9.17, 15) is 18.0 Å². The first-order valence-electron chi connectivity index (χ1n) is 9.74. The zero-order chi connectivity index (χ0) is 23.0. The van der Waals surface area contributed by atoms with Gasteiger partial charge in [0.1, 0.15) is 0 Å². The lowest BCUT2D eigenvalue weighted by molar-refractivity contribution is 0.208. The maximum absolute atomic E-state index is 13.9. The molecule has 32 heavy (non-hydrogen) atoms. The van der Waals surface area contributed by atoms with Gasteiger partial charge in [-0.25, -0.2) is 27.9 Å². The molecule has 4 rings (SSSR count). The summed E-state index contributed by atoms with van der Waals surface area (Å²) in [6.07, 6.45) is 0. The lowest BCUT2D eigenvalue weighted by Gasteiger charge is -2.36. The topological polar surface area (TPSA) is 70.6 Å². The van der Waals surface area contributed by atoms with E-state index in [1.165, 1.54) is 18.9 Å². The Hall–Kier alpha value is -3.27. The van der Waals surface area contributed by atoms with Crippen molar-refractivity contribution in [3.63, 3.8) is 0 Å². The zero-order valence-corrected chi connectivity index (χ0v) is 18.0. The highest BCUT2D eigenvalue weighted by Crippen LogP contribution is 2.28. The van der Waals surface area contributed by atoms with Gasteiger partial charge >= 0.3 is 6.03 Å². The van der Waals surface area contributed by atoms with E-state index < -0.39 is 23.5 Å². The number of rotatable bonds is 3. The number of anilines is 2. The summed E-state index contributed by atoms with van der Waals surface area (Å²) in [6, 6.07) is 5.55. The van der Waals surface area contributed by atoms with Gasteiger partial charge in [-0.05, 0) is 25.1 Å². The van der Waals surface area contributed by atoms with Gasteiger partial charge in [-0.3, -0.25) is 5.32 Å². The molecule has 1 aromatic heterocycles. The van der Waals surface area contributed by atoms with Crippen molar-refractivity contribution >= 4 is 40.2 Å². The van der Waals surface area contributed by atoms with Gasteiger partial charge in [0.05, 0.1) is 18.1 Å². The number of carbonyl (C=O) groups is 1. The number of hydrogen-bond acceptors (Lipinski definition) is 5. The Labute approximate surface area is 186 Å². The highest BCUT2D eigenvalue weighted by molar-refractivity contribution is 6.31. The Morgan fingerprint density at radius 2 is 1.78 bits per heavy atom. The number of hydrogen-bond donors (Lipinski definition) is 1. The van der Waals surface area contributed by atoms with Crippen molar-refractivity contribution in [2.45, 2.75) is 6.92 Å². The van der Waals surface area contributed by atoms with Crippen LogP contribution < -0.4 is 15.0 Å². The SMILES string of the molecule is COc1nc2cc(Cl)ccc2nc1NC(=O)N1CCN(c2cc(F)c(F)c(F)c2C)CC1. The Bertz CT molecular complexity index is 1200. The number of urea groups is 1. The first-order chi connectivity index (χ1) is 15.3. The summed E-state index contributed by atoms with van der Waals surface area (Å²) in [4.78, 5) is 24.7. The number of fused-ring (bicyclic) bond motifs is 1. The smallest absolute Gasteiger partial charge is 0.323 e. The number of carbonyl (C=O) groups excluding carboxylic acids is 1. The highest BCUT2D eigenvalue weighted by Gasteiger charge is 2.26. The molecule has 11 heteroatoms. The van der Waals surface area contributed by atoms with Crippen LogP contribution in [-0.2, 0) is 0 Å². The van der Waals surface area contributed by atoms with Gasteiger partial charge in [0.15, 0.2) is 23.3 Å². The quantitative estimate of drug-likeness (QED) is 0.582. The van der Waals surface area contributed by atoms with Crippen LogP contribution in [0.25, 0.3) is 11.0 Å². The first-order valence-corrected chi connectivity index (χ1v) is 10.1. The summed E-state index contributed by atoms with van der Waals surface area (Å²) in [5.41, 5.74) is 1.35. The van der Waals surface area contributed by atoms with E-state index in [4.69, 9.17) is 16.3 Å². The normalized spacial score (nSPS) is 14.1. The second-order valence-corrected chi connectivity index (χ2v) is 7.69. The Kier molecular flexibility index (Phi) is 5.96. The van der Waals surface area contributed by atoms with Crippen LogP contribution >= 0.6 is 11.6 Å². The largest absolute Gasteiger partial charge is 0.478 e. The minimum absolute atomic E-state index is 0.0260. The van der Waals surface area contributed by atoms with Crippen LogP contribution in [0.3, 0.4) is 0 Å². The van der Waals surface area contributed by atoms with Crippen LogP contribution in [0.5, 0.6) is 5.88 Å². The van der Waals surface area contributed by atoms with E-state index >= 15 is 0 Å². The lowest BCUT2D eigenvalue weighted by atomic mass is 10.1. The van der Waals surface area contributed by atoms with Crippen molar-refractivity contribution < 1.29 is 22.7 Å². The summed E-state index contributed by atoms with van der Waals surface area (Å²) in [5, 5.41) is 3.20. The molecule has 2 heterocycles. The van der Waals surface area contributed by atoms with Crippen molar-refractivity contribution in [1.29, 1.82) is 0 Å². The molecule has 1 aliphatic rings. The minimum Gasteiger partial charge on any atom is -0.478 e. The van der Waals surface area contributed by atoms with Gasteiger partial charge < -0.3 is 14.5 Å². The van der Waals surface area contributed by atoms with Gasteiger partial charge in [0, 0.05) is 48.5 Å². The maximum Gasteiger partial charge on any atom is 0.323 e. The van der Waals surface area contributed by atoms with E-state index in [2.05, 4.69) is 15.3 Å². The second-order valence-electron chi connectivity index (χ2n) is 7.25. The summed E-state index contributed by atoms with van der Waals surface area (Å²) in [6.45, 7) is 2.59. The molecule has 0 saturated carbocycles. The predicted molar refractivity (Wildman–Crippen MR) is 115 cm³/mol. The van der Waals surface area contributed by atoms with Crippen molar-refractivity contribution in [1.82, 2.24) is 14.9 Å².